The predicted octanol–water partition coefficient (Wildman–Crippen LogP) is 1.34. The molecule has 18 heavy (non-hydrogen) atoms. The molecule has 0 amide bonds. The number of anilines is 1. The Morgan fingerprint density at radius 2 is 2.00 bits per heavy atom. The Bertz CT molecular complexity index is 387. The average molecular weight is 251 g/mol. The van der Waals surface area contributed by atoms with Gasteiger partial charge in [-0.2, -0.15) is 0 Å². The first-order valence-electron chi connectivity index (χ1n) is 6.55. The zero-order valence-electron chi connectivity index (χ0n) is 11.2. The summed E-state index contributed by atoms with van der Waals surface area (Å²) in [4.78, 5) is 4.44. The molecule has 0 unspecified atom stereocenters. The van der Waals surface area contributed by atoms with Gasteiger partial charge in [0.1, 0.15) is 5.82 Å². The van der Waals surface area contributed by atoms with E-state index in [-0.39, 0.29) is 5.82 Å². The minimum Gasteiger partial charge on any atom is -0.377 e. The Balaban J connectivity index is 1.99. The number of nitrogens with one attached hydrogen (secondary N) is 1. The molecule has 0 radical (unpaired) electrons. The third-order valence-electron chi connectivity index (χ3n) is 3.44. The van der Waals surface area contributed by atoms with Gasteiger partial charge in [0.05, 0.1) is 0 Å². The van der Waals surface area contributed by atoms with Gasteiger partial charge in [0, 0.05) is 52.5 Å². The summed E-state index contributed by atoms with van der Waals surface area (Å²) in [6.45, 7) is 5.42. The lowest BCUT2D eigenvalue weighted by Gasteiger charge is -2.27. The second kappa shape index (κ2) is 6.16. The first-order chi connectivity index (χ1) is 8.66. The smallest absolute Gasteiger partial charge is 0.125 e. The lowest BCUT2D eigenvalue weighted by atomic mass is 10.1. The highest BCUT2D eigenvalue weighted by Crippen LogP contribution is 2.20. The lowest BCUT2D eigenvalue weighted by Crippen LogP contribution is -2.44. The quantitative estimate of drug-likeness (QED) is 0.871. The van der Waals surface area contributed by atoms with Crippen LogP contribution in [0, 0.1) is 5.82 Å². The van der Waals surface area contributed by atoms with Gasteiger partial charge in [-0.15, -0.1) is 0 Å². The number of nitrogens with zero attached hydrogens (tertiary/aromatic N) is 2. The van der Waals surface area contributed by atoms with Crippen molar-refractivity contribution in [2.75, 3.05) is 51.7 Å². The van der Waals surface area contributed by atoms with Crippen molar-refractivity contribution < 1.29 is 4.39 Å². The van der Waals surface area contributed by atoms with Gasteiger partial charge in [0.2, 0.25) is 0 Å². The van der Waals surface area contributed by atoms with Crippen molar-refractivity contribution in [3.63, 3.8) is 0 Å². The standard InChI is InChI=1S/C14H22FN3/c1-17(2)14-11-13(15)4-3-12(14)5-8-18-9-6-16-7-10-18/h3-4,11,16H,5-10H2,1-2H3. The monoisotopic (exact) mass is 251 g/mol. The molecule has 100 valence electrons. The molecule has 4 heteroatoms. The molecule has 0 atom stereocenters. The van der Waals surface area contributed by atoms with E-state index in [1.807, 2.05) is 25.1 Å². The number of halogens is 1. The van der Waals surface area contributed by atoms with Crippen molar-refractivity contribution in [2.24, 2.45) is 0 Å². The van der Waals surface area contributed by atoms with Crippen LogP contribution in [0.3, 0.4) is 0 Å². The number of hydrogen-bond acceptors (Lipinski definition) is 3. The van der Waals surface area contributed by atoms with E-state index < -0.39 is 0 Å². The minimum absolute atomic E-state index is 0.162. The highest BCUT2D eigenvalue weighted by Gasteiger charge is 2.11. The van der Waals surface area contributed by atoms with E-state index >= 15 is 0 Å². The summed E-state index contributed by atoms with van der Waals surface area (Å²) >= 11 is 0. The van der Waals surface area contributed by atoms with E-state index in [0.29, 0.717) is 0 Å². The molecular formula is C14H22FN3. The predicted molar refractivity (Wildman–Crippen MR) is 73.7 cm³/mol. The molecule has 0 aromatic heterocycles. The molecule has 1 aliphatic rings. The van der Waals surface area contributed by atoms with Crippen LogP contribution in [-0.2, 0) is 6.42 Å². The molecule has 1 aromatic carbocycles. The summed E-state index contributed by atoms with van der Waals surface area (Å²) in [5.74, 6) is -0.162. The molecule has 1 N–H and O–H groups in total. The maximum absolute atomic E-state index is 13.3. The fraction of sp³-hybridized carbons (Fsp3) is 0.571. The zero-order chi connectivity index (χ0) is 13.0. The zero-order valence-corrected chi connectivity index (χ0v) is 11.2. The van der Waals surface area contributed by atoms with E-state index in [9.17, 15) is 4.39 Å². The number of rotatable bonds is 4. The topological polar surface area (TPSA) is 18.5 Å². The van der Waals surface area contributed by atoms with Crippen LogP contribution in [0.4, 0.5) is 10.1 Å². The SMILES string of the molecule is CN(C)c1cc(F)ccc1CCN1CCNCC1. The van der Waals surface area contributed by atoms with Gasteiger partial charge in [-0.05, 0) is 24.1 Å². The fourth-order valence-corrected chi connectivity index (χ4v) is 2.38. The van der Waals surface area contributed by atoms with Crippen molar-refractivity contribution in [3.8, 4) is 0 Å². The van der Waals surface area contributed by atoms with Crippen molar-refractivity contribution in [3.05, 3.63) is 29.6 Å². The molecule has 1 heterocycles. The van der Waals surface area contributed by atoms with Crippen LogP contribution in [-0.4, -0.2) is 51.7 Å². The van der Waals surface area contributed by atoms with Gasteiger partial charge in [-0.3, -0.25) is 0 Å². The van der Waals surface area contributed by atoms with Crippen molar-refractivity contribution >= 4 is 5.69 Å². The summed E-state index contributed by atoms with van der Waals surface area (Å²) in [5.41, 5.74) is 2.21. The summed E-state index contributed by atoms with van der Waals surface area (Å²) < 4.78 is 13.3. The van der Waals surface area contributed by atoms with E-state index in [1.54, 1.807) is 12.1 Å². The second-order valence-corrected chi connectivity index (χ2v) is 5.01. The molecule has 1 saturated heterocycles. The third kappa shape index (κ3) is 3.43. The van der Waals surface area contributed by atoms with Crippen LogP contribution >= 0.6 is 0 Å². The van der Waals surface area contributed by atoms with Gasteiger partial charge in [0.15, 0.2) is 0 Å². The maximum Gasteiger partial charge on any atom is 0.125 e. The summed E-state index contributed by atoms with van der Waals surface area (Å²) in [6, 6.07) is 5.08. The van der Waals surface area contributed by atoms with Crippen LogP contribution in [0.25, 0.3) is 0 Å². The van der Waals surface area contributed by atoms with Gasteiger partial charge in [-0.1, -0.05) is 6.07 Å². The Morgan fingerprint density at radius 3 is 2.67 bits per heavy atom. The second-order valence-electron chi connectivity index (χ2n) is 5.01. The van der Waals surface area contributed by atoms with Crippen LogP contribution in [0.2, 0.25) is 0 Å². The van der Waals surface area contributed by atoms with E-state index in [0.717, 1.165) is 44.8 Å². The van der Waals surface area contributed by atoms with Crippen molar-refractivity contribution in [1.82, 2.24) is 10.2 Å². The molecule has 0 saturated carbocycles. The van der Waals surface area contributed by atoms with Crippen molar-refractivity contribution in [2.45, 2.75) is 6.42 Å². The number of piperazine rings is 1. The van der Waals surface area contributed by atoms with Crippen LogP contribution < -0.4 is 10.2 Å². The Labute approximate surface area is 109 Å². The van der Waals surface area contributed by atoms with Gasteiger partial charge >= 0.3 is 0 Å². The lowest BCUT2D eigenvalue weighted by molar-refractivity contribution is 0.244. The first kappa shape index (κ1) is 13.3. The molecule has 0 spiro atoms. The van der Waals surface area contributed by atoms with Gasteiger partial charge in [0.25, 0.3) is 0 Å². The largest absolute Gasteiger partial charge is 0.377 e. The minimum atomic E-state index is -0.162. The fourth-order valence-electron chi connectivity index (χ4n) is 2.38. The molecule has 1 aliphatic heterocycles. The molecule has 1 aromatic rings. The highest BCUT2D eigenvalue weighted by atomic mass is 19.1. The normalized spacial score (nSPS) is 16.8. The van der Waals surface area contributed by atoms with E-state index in [2.05, 4.69) is 10.2 Å². The average Bonchev–Trinajstić information content (AvgIpc) is 2.38. The molecular weight excluding hydrogens is 229 g/mol. The maximum atomic E-state index is 13.3. The molecule has 1 fully saturated rings. The first-order valence-corrected chi connectivity index (χ1v) is 6.55. The molecule has 0 aliphatic carbocycles. The number of benzene rings is 1. The summed E-state index contributed by atoms with van der Waals surface area (Å²) in [5, 5.41) is 3.35. The van der Waals surface area contributed by atoms with Gasteiger partial charge in [-0.25, -0.2) is 4.39 Å². The molecule has 3 nitrogen and oxygen atoms in total. The Morgan fingerprint density at radius 1 is 1.28 bits per heavy atom. The van der Waals surface area contributed by atoms with Crippen LogP contribution in [0.15, 0.2) is 18.2 Å². The molecule has 0 bridgehead atoms. The summed E-state index contributed by atoms with van der Waals surface area (Å²) in [7, 11) is 3.92. The molecule has 2 rings (SSSR count). The van der Waals surface area contributed by atoms with Gasteiger partial charge < -0.3 is 15.1 Å². The Hall–Kier alpha value is -1.13. The van der Waals surface area contributed by atoms with E-state index in [4.69, 9.17) is 0 Å². The van der Waals surface area contributed by atoms with Crippen LogP contribution in [0.5, 0.6) is 0 Å². The third-order valence-corrected chi connectivity index (χ3v) is 3.44. The van der Waals surface area contributed by atoms with E-state index in [1.165, 1.54) is 5.56 Å². The van der Waals surface area contributed by atoms with Crippen LogP contribution in [0.1, 0.15) is 5.56 Å². The van der Waals surface area contributed by atoms with Crippen molar-refractivity contribution in [1.29, 1.82) is 0 Å². The summed E-state index contributed by atoms with van der Waals surface area (Å²) in [6.07, 6.45) is 0.980. The highest BCUT2D eigenvalue weighted by molar-refractivity contribution is 5.52. The number of hydrogen-bond donors (Lipinski definition) is 1. The Kier molecular flexibility index (Phi) is 4.55.